The molecule has 0 amide bonds. The lowest BCUT2D eigenvalue weighted by atomic mass is 10.2. The summed E-state index contributed by atoms with van der Waals surface area (Å²) < 4.78 is 23.7. The lowest BCUT2D eigenvalue weighted by Gasteiger charge is -2.13. The van der Waals surface area contributed by atoms with Crippen LogP contribution in [0.25, 0.3) is 11.4 Å². The molecule has 0 radical (unpaired) electrons. The smallest absolute Gasteiger partial charge is 0.210 e. The molecule has 0 saturated carbocycles. The molecule has 120 valence electrons. The van der Waals surface area contributed by atoms with Crippen molar-refractivity contribution in [1.82, 2.24) is 14.9 Å². The van der Waals surface area contributed by atoms with Crippen molar-refractivity contribution in [2.24, 2.45) is 0 Å². The molecule has 0 unspecified atom stereocenters. The number of sulfone groups is 1. The maximum absolute atomic E-state index is 11.1. The highest BCUT2D eigenvalue weighted by molar-refractivity contribution is 8.00. The van der Waals surface area contributed by atoms with Gasteiger partial charge in [-0.3, -0.25) is 0 Å². The van der Waals surface area contributed by atoms with E-state index in [9.17, 15) is 8.42 Å². The number of hydrogen-bond acceptors (Lipinski definition) is 7. The molecule has 7 nitrogen and oxygen atoms in total. The third-order valence-corrected chi connectivity index (χ3v) is 5.12. The summed E-state index contributed by atoms with van der Waals surface area (Å²) in [5, 5.41) is 8.62. The first-order valence-electron chi connectivity index (χ1n) is 6.57. The Morgan fingerprint density at radius 1 is 1.32 bits per heavy atom. The minimum atomic E-state index is -2.99. The van der Waals surface area contributed by atoms with Crippen LogP contribution in [0.15, 0.2) is 29.4 Å². The number of rotatable bonds is 6. The van der Waals surface area contributed by atoms with Crippen LogP contribution >= 0.6 is 11.8 Å². The van der Waals surface area contributed by atoms with E-state index < -0.39 is 9.84 Å². The standard InChI is InChI=1S/C13H19N5O2S2/c1-17(2)11-6-4-5-10(9-11)12-15-16-13(18(12)14)21-7-8-22(3,19)20/h4-6,9H,7-8,14H2,1-3H3. The number of nitrogen functional groups attached to an aromatic ring is 1. The molecule has 0 fully saturated rings. The Morgan fingerprint density at radius 2 is 2.05 bits per heavy atom. The van der Waals surface area contributed by atoms with Gasteiger partial charge >= 0.3 is 0 Å². The van der Waals surface area contributed by atoms with Gasteiger partial charge < -0.3 is 10.7 Å². The summed E-state index contributed by atoms with van der Waals surface area (Å²) in [4.78, 5) is 1.99. The molecule has 1 aromatic heterocycles. The second-order valence-corrected chi connectivity index (χ2v) is 8.42. The first kappa shape index (κ1) is 16.6. The van der Waals surface area contributed by atoms with Gasteiger partial charge in [0.2, 0.25) is 5.16 Å². The largest absolute Gasteiger partial charge is 0.378 e. The van der Waals surface area contributed by atoms with Crippen LogP contribution in [-0.2, 0) is 9.84 Å². The summed E-state index contributed by atoms with van der Waals surface area (Å²) in [6.07, 6.45) is 1.21. The molecule has 2 aromatic rings. The number of nitrogens with zero attached hydrogens (tertiary/aromatic N) is 4. The van der Waals surface area contributed by atoms with E-state index in [1.54, 1.807) is 0 Å². The second-order valence-electron chi connectivity index (χ2n) is 5.10. The van der Waals surface area contributed by atoms with Gasteiger partial charge in [0.15, 0.2) is 5.82 Å². The average Bonchev–Trinajstić information content (AvgIpc) is 2.79. The summed E-state index contributed by atoms with van der Waals surface area (Å²) in [7, 11) is 0.922. The molecule has 2 N–H and O–H groups in total. The summed E-state index contributed by atoms with van der Waals surface area (Å²) in [5.74, 6) is 7.04. The maximum atomic E-state index is 11.1. The maximum Gasteiger partial charge on any atom is 0.210 e. The molecule has 9 heteroatoms. The Labute approximate surface area is 134 Å². The number of anilines is 1. The molecule has 0 aliphatic carbocycles. The predicted octanol–water partition coefficient (Wildman–Crippen LogP) is 0.862. The highest BCUT2D eigenvalue weighted by Crippen LogP contribution is 2.24. The molecule has 0 saturated heterocycles. The lowest BCUT2D eigenvalue weighted by Crippen LogP contribution is -2.13. The molecule has 0 spiro atoms. The Kier molecular flexibility index (Phi) is 4.97. The van der Waals surface area contributed by atoms with Crippen LogP contribution in [0.2, 0.25) is 0 Å². The van der Waals surface area contributed by atoms with Gasteiger partial charge in [-0.2, -0.15) is 0 Å². The van der Waals surface area contributed by atoms with Gasteiger partial charge in [0.05, 0.1) is 5.75 Å². The van der Waals surface area contributed by atoms with E-state index in [4.69, 9.17) is 5.84 Å². The number of thioether (sulfide) groups is 1. The Balaban J connectivity index is 2.19. The number of nitrogens with two attached hydrogens (primary N) is 1. The van der Waals surface area contributed by atoms with E-state index in [-0.39, 0.29) is 5.75 Å². The van der Waals surface area contributed by atoms with Gasteiger partial charge in [-0.05, 0) is 12.1 Å². The van der Waals surface area contributed by atoms with Crippen LogP contribution in [0.5, 0.6) is 0 Å². The second kappa shape index (κ2) is 6.57. The van der Waals surface area contributed by atoms with Gasteiger partial charge in [0.25, 0.3) is 0 Å². The third-order valence-electron chi connectivity index (χ3n) is 2.97. The summed E-state index contributed by atoms with van der Waals surface area (Å²) in [6, 6.07) is 7.79. The fourth-order valence-corrected chi connectivity index (χ4v) is 3.83. The van der Waals surface area contributed by atoms with Crippen LogP contribution in [0.1, 0.15) is 0 Å². The third kappa shape index (κ3) is 4.14. The van der Waals surface area contributed by atoms with Gasteiger partial charge in [-0.25, -0.2) is 13.1 Å². The van der Waals surface area contributed by atoms with E-state index >= 15 is 0 Å². The molecule has 0 atom stereocenters. The summed E-state index contributed by atoms with van der Waals surface area (Å²) >= 11 is 1.27. The van der Waals surface area contributed by atoms with E-state index in [2.05, 4.69) is 10.2 Å². The van der Waals surface area contributed by atoms with E-state index in [0.29, 0.717) is 16.7 Å². The molecular weight excluding hydrogens is 322 g/mol. The molecule has 0 bridgehead atoms. The minimum absolute atomic E-state index is 0.0793. The van der Waals surface area contributed by atoms with Crippen molar-refractivity contribution in [2.75, 3.05) is 42.6 Å². The van der Waals surface area contributed by atoms with Crippen LogP contribution in [0, 0.1) is 0 Å². The lowest BCUT2D eigenvalue weighted by molar-refractivity contribution is 0.603. The van der Waals surface area contributed by atoms with Crippen molar-refractivity contribution in [3.05, 3.63) is 24.3 Å². The van der Waals surface area contributed by atoms with Gasteiger partial charge in [-0.1, -0.05) is 23.9 Å². The fraction of sp³-hybridized carbons (Fsp3) is 0.385. The normalized spacial score (nSPS) is 11.6. The molecular formula is C13H19N5O2S2. The Bertz CT molecular complexity index is 756. The Morgan fingerprint density at radius 3 is 2.68 bits per heavy atom. The molecule has 2 rings (SSSR count). The molecule has 0 aliphatic heterocycles. The molecule has 22 heavy (non-hydrogen) atoms. The highest BCUT2D eigenvalue weighted by atomic mass is 32.2. The molecule has 1 aromatic carbocycles. The Hall–Kier alpha value is -1.74. The zero-order valence-corrected chi connectivity index (χ0v) is 14.4. The van der Waals surface area contributed by atoms with Gasteiger partial charge in [-0.15, -0.1) is 10.2 Å². The van der Waals surface area contributed by atoms with Crippen molar-refractivity contribution in [3.8, 4) is 11.4 Å². The number of hydrogen-bond donors (Lipinski definition) is 1. The average molecular weight is 341 g/mol. The monoisotopic (exact) mass is 341 g/mol. The van der Waals surface area contributed by atoms with Crippen LogP contribution in [-0.4, -0.2) is 55.1 Å². The SMILES string of the molecule is CN(C)c1cccc(-c2nnc(SCCS(C)(=O)=O)n2N)c1. The fourth-order valence-electron chi connectivity index (χ4n) is 1.78. The summed E-state index contributed by atoms with van der Waals surface area (Å²) in [5.41, 5.74) is 1.89. The zero-order valence-electron chi connectivity index (χ0n) is 12.7. The van der Waals surface area contributed by atoms with E-state index in [1.807, 2.05) is 43.3 Å². The molecule has 0 aliphatic rings. The van der Waals surface area contributed by atoms with Gasteiger partial charge in [0.1, 0.15) is 9.84 Å². The van der Waals surface area contributed by atoms with Crippen molar-refractivity contribution in [3.63, 3.8) is 0 Å². The van der Waals surface area contributed by atoms with E-state index in [0.717, 1.165) is 11.3 Å². The van der Waals surface area contributed by atoms with Crippen LogP contribution in [0.4, 0.5) is 5.69 Å². The van der Waals surface area contributed by atoms with Crippen LogP contribution < -0.4 is 10.7 Å². The quantitative estimate of drug-likeness (QED) is 0.615. The zero-order chi connectivity index (χ0) is 16.3. The first-order valence-corrected chi connectivity index (χ1v) is 9.61. The van der Waals surface area contributed by atoms with Crippen molar-refractivity contribution in [2.45, 2.75) is 5.16 Å². The van der Waals surface area contributed by atoms with E-state index in [1.165, 1.54) is 22.7 Å². The molecule has 1 heterocycles. The number of benzene rings is 1. The van der Waals surface area contributed by atoms with Gasteiger partial charge in [0, 0.05) is 37.4 Å². The topological polar surface area (TPSA) is 94.1 Å². The highest BCUT2D eigenvalue weighted by Gasteiger charge is 2.13. The van der Waals surface area contributed by atoms with Crippen molar-refractivity contribution in [1.29, 1.82) is 0 Å². The summed E-state index contributed by atoms with van der Waals surface area (Å²) in [6.45, 7) is 0. The van der Waals surface area contributed by atoms with Crippen LogP contribution in [0.3, 0.4) is 0 Å². The van der Waals surface area contributed by atoms with Crippen molar-refractivity contribution < 1.29 is 8.42 Å². The van der Waals surface area contributed by atoms with Crippen molar-refractivity contribution >= 4 is 27.3 Å². The number of aromatic nitrogens is 3. The first-order chi connectivity index (χ1) is 10.3. The minimum Gasteiger partial charge on any atom is -0.378 e. The predicted molar refractivity (Wildman–Crippen MR) is 90.4 cm³/mol.